The Hall–Kier alpha value is -1.72. The second kappa shape index (κ2) is 6.28. The smallest absolute Gasteiger partial charge is 0.240 e. The van der Waals surface area contributed by atoms with E-state index in [1.54, 1.807) is 6.92 Å². The van der Waals surface area contributed by atoms with Crippen LogP contribution in [0, 0.1) is 6.92 Å². The minimum atomic E-state index is 0.0800. The maximum absolute atomic E-state index is 6.05. The molecule has 0 aliphatic rings. The molecule has 0 saturated carbocycles. The number of aryl methyl sites for hydroxylation is 1. The molecule has 1 aromatic carbocycles. The predicted octanol–water partition coefficient (Wildman–Crippen LogP) is 1.04. The molecule has 0 aliphatic carbocycles. The van der Waals surface area contributed by atoms with E-state index in [1.807, 2.05) is 18.2 Å². The Labute approximate surface area is 106 Å². The van der Waals surface area contributed by atoms with Gasteiger partial charge in [-0.2, -0.15) is 4.98 Å². The standard InChI is InChI=1S/C13H18N4O/c1-10-16-13(18-17-10)9-15-8-12(14)7-11-5-3-2-4-6-11/h2-6,12,15H,7-9,14H2,1H3. The lowest BCUT2D eigenvalue weighted by atomic mass is 10.1. The molecule has 0 spiro atoms. The molecule has 1 heterocycles. The van der Waals surface area contributed by atoms with Gasteiger partial charge in [-0.1, -0.05) is 35.5 Å². The highest BCUT2D eigenvalue weighted by Gasteiger charge is 2.05. The zero-order chi connectivity index (χ0) is 12.8. The lowest BCUT2D eigenvalue weighted by Crippen LogP contribution is -2.35. The minimum Gasteiger partial charge on any atom is -0.338 e. The predicted molar refractivity (Wildman–Crippen MR) is 68.9 cm³/mol. The Bertz CT molecular complexity index is 469. The molecule has 0 fully saturated rings. The SMILES string of the molecule is Cc1noc(CNCC(N)Cc2ccccc2)n1. The molecule has 0 radical (unpaired) electrons. The van der Waals surface area contributed by atoms with Crippen molar-refractivity contribution in [2.24, 2.45) is 5.73 Å². The fraction of sp³-hybridized carbons (Fsp3) is 0.385. The number of rotatable bonds is 6. The Kier molecular flexibility index (Phi) is 4.44. The zero-order valence-electron chi connectivity index (χ0n) is 10.5. The summed E-state index contributed by atoms with van der Waals surface area (Å²) in [5.74, 6) is 1.25. The van der Waals surface area contributed by atoms with Crippen molar-refractivity contribution in [3.05, 3.63) is 47.6 Å². The molecule has 3 N–H and O–H groups in total. The molecular formula is C13H18N4O. The van der Waals surface area contributed by atoms with Crippen molar-refractivity contribution >= 4 is 0 Å². The van der Waals surface area contributed by atoms with E-state index >= 15 is 0 Å². The van der Waals surface area contributed by atoms with Crippen molar-refractivity contribution in [3.8, 4) is 0 Å². The molecule has 0 saturated heterocycles. The molecule has 5 heteroatoms. The van der Waals surface area contributed by atoms with E-state index in [-0.39, 0.29) is 6.04 Å². The van der Waals surface area contributed by atoms with Gasteiger partial charge < -0.3 is 15.6 Å². The number of aromatic nitrogens is 2. The van der Waals surface area contributed by atoms with Crippen LogP contribution in [0.5, 0.6) is 0 Å². The van der Waals surface area contributed by atoms with Crippen LogP contribution in [0.2, 0.25) is 0 Å². The first-order valence-corrected chi connectivity index (χ1v) is 6.03. The zero-order valence-corrected chi connectivity index (χ0v) is 10.5. The molecule has 1 aromatic heterocycles. The van der Waals surface area contributed by atoms with Gasteiger partial charge in [0.25, 0.3) is 0 Å². The molecule has 5 nitrogen and oxygen atoms in total. The van der Waals surface area contributed by atoms with E-state index in [4.69, 9.17) is 10.3 Å². The first-order chi connectivity index (χ1) is 8.74. The fourth-order valence-electron chi connectivity index (χ4n) is 1.77. The maximum Gasteiger partial charge on any atom is 0.240 e. The molecule has 18 heavy (non-hydrogen) atoms. The van der Waals surface area contributed by atoms with Gasteiger partial charge in [0.1, 0.15) is 0 Å². The summed E-state index contributed by atoms with van der Waals surface area (Å²) < 4.78 is 5.00. The Morgan fingerprint density at radius 2 is 2.11 bits per heavy atom. The van der Waals surface area contributed by atoms with E-state index in [9.17, 15) is 0 Å². The first-order valence-electron chi connectivity index (χ1n) is 6.03. The third kappa shape index (κ3) is 3.94. The second-order valence-corrected chi connectivity index (χ2v) is 4.32. The minimum absolute atomic E-state index is 0.0800. The maximum atomic E-state index is 6.05. The lowest BCUT2D eigenvalue weighted by molar-refractivity contribution is 0.362. The topological polar surface area (TPSA) is 77.0 Å². The highest BCUT2D eigenvalue weighted by atomic mass is 16.5. The van der Waals surface area contributed by atoms with Crippen LogP contribution in [0.25, 0.3) is 0 Å². The number of nitrogens with zero attached hydrogens (tertiary/aromatic N) is 2. The third-order valence-corrected chi connectivity index (χ3v) is 2.59. The number of hydrogen-bond acceptors (Lipinski definition) is 5. The van der Waals surface area contributed by atoms with Gasteiger partial charge >= 0.3 is 0 Å². The molecule has 96 valence electrons. The Morgan fingerprint density at radius 3 is 2.78 bits per heavy atom. The van der Waals surface area contributed by atoms with E-state index < -0.39 is 0 Å². The normalized spacial score (nSPS) is 12.6. The van der Waals surface area contributed by atoms with E-state index in [2.05, 4.69) is 27.6 Å². The number of nitrogens with one attached hydrogen (secondary N) is 1. The summed E-state index contributed by atoms with van der Waals surface area (Å²) in [7, 11) is 0. The molecule has 1 unspecified atom stereocenters. The fourth-order valence-corrected chi connectivity index (χ4v) is 1.77. The highest BCUT2D eigenvalue weighted by Crippen LogP contribution is 2.01. The van der Waals surface area contributed by atoms with Crippen LogP contribution >= 0.6 is 0 Å². The lowest BCUT2D eigenvalue weighted by Gasteiger charge is -2.11. The third-order valence-electron chi connectivity index (χ3n) is 2.59. The van der Waals surface area contributed by atoms with Gasteiger partial charge in [-0.05, 0) is 18.9 Å². The van der Waals surface area contributed by atoms with Crippen molar-refractivity contribution in [2.75, 3.05) is 6.54 Å². The van der Waals surface area contributed by atoms with Crippen molar-refractivity contribution < 1.29 is 4.52 Å². The Morgan fingerprint density at radius 1 is 1.33 bits per heavy atom. The summed E-state index contributed by atoms with van der Waals surface area (Å²) in [6, 6.07) is 10.3. The summed E-state index contributed by atoms with van der Waals surface area (Å²) in [6.45, 7) is 3.08. The molecule has 0 bridgehead atoms. The number of nitrogens with two attached hydrogens (primary N) is 1. The summed E-state index contributed by atoms with van der Waals surface area (Å²) in [5, 5.41) is 6.94. The molecule has 2 aromatic rings. The molecule has 2 rings (SSSR count). The number of hydrogen-bond donors (Lipinski definition) is 2. The van der Waals surface area contributed by atoms with Gasteiger partial charge in [-0.15, -0.1) is 0 Å². The van der Waals surface area contributed by atoms with Gasteiger partial charge in [-0.25, -0.2) is 0 Å². The number of benzene rings is 1. The van der Waals surface area contributed by atoms with Gasteiger partial charge in [0, 0.05) is 12.6 Å². The van der Waals surface area contributed by atoms with Crippen LogP contribution in [0.3, 0.4) is 0 Å². The van der Waals surface area contributed by atoms with E-state index in [0.29, 0.717) is 18.3 Å². The average molecular weight is 246 g/mol. The van der Waals surface area contributed by atoms with E-state index in [1.165, 1.54) is 5.56 Å². The van der Waals surface area contributed by atoms with Crippen molar-refractivity contribution in [1.29, 1.82) is 0 Å². The molecule has 1 atom stereocenters. The quantitative estimate of drug-likeness (QED) is 0.796. The summed E-state index contributed by atoms with van der Waals surface area (Å²) in [4.78, 5) is 4.11. The summed E-state index contributed by atoms with van der Waals surface area (Å²) in [5.41, 5.74) is 7.30. The Balaban J connectivity index is 1.70. The molecular weight excluding hydrogens is 228 g/mol. The van der Waals surface area contributed by atoms with E-state index in [0.717, 1.165) is 13.0 Å². The summed E-state index contributed by atoms with van der Waals surface area (Å²) >= 11 is 0. The van der Waals surface area contributed by atoms with Crippen LogP contribution < -0.4 is 11.1 Å². The monoisotopic (exact) mass is 246 g/mol. The van der Waals surface area contributed by atoms with Gasteiger partial charge in [0.05, 0.1) is 6.54 Å². The second-order valence-electron chi connectivity index (χ2n) is 4.32. The van der Waals surface area contributed by atoms with Gasteiger partial charge in [0.2, 0.25) is 5.89 Å². The molecule has 0 aliphatic heterocycles. The van der Waals surface area contributed by atoms with Gasteiger partial charge in [-0.3, -0.25) is 0 Å². The first kappa shape index (κ1) is 12.7. The van der Waals surface area contributed by atoms with Crippen LogP contribution in [0.1, 0.15) is 17.3 Å². The van der Waals surface area contributed by atoms with Crippen molar-refractivity contribution in [3.63, 3.8) is 0 Å². The van der Waals surface area contributed by atoms with Crippen LogP contribution in [-0.4, -0.2) is 22.7 Å². The highest BCUT2D eigenvalue weighted by molar-refractivity contribution is 5.15. The van der Waals surface area contributed by atoms with Crippen molar-refractivity contribution in [2.45, 2.75) is 25.9 Å². The van der Waals surface area contributed by atoms with Crippen LogP contribution in [0.4, 0.5) is 0 Å². The average Bonchev–Trinajstić information content (AvgIpc) is 2.76. The van der Waals surface area contributed by atoms with Crippen LogP contribution in [0.15, 0.2) is 34.9 Å². The van der Waals surface area contributed by atoms with Crippen LogP contribution in [-0.2, 0) is 13.0 Å². The molecule has 0 amide bonds. The van der Waals surface area contributed by atoms with Gasteiger partial charge in [0.15, 0.2) is 5.82 Å². The summed E-state index contributed by atoms with van der Waals surface area (Å²) in [6.07, 6.45) is 0.858. The van der Waals surface area contributed by atoms with Crippen molar-refractivity contribution in [1.82, 2.24) is 15.5 Å². The largest absolute Gasteiger partial charge is 0.338 e.